The molecule has 2 heterocycles. The number of sulfone groups is 1. The van der Waals surface area contributed by atoms with Gasteiger partial charge in [-0.05, 0) is 44.5 Å². The standard InChI is InChI=1S/C17H22N2O6S2/c1-17(2)11-27(24,25)19(16(17)21)13-6-4-12(5-7-13)15(20)18(3)14-8-9-26(22,23)10-14/h4-7,14H,8-11H2,1-3H3. The third kappa shape index (κ3) is 3.60. The van der Waals surface area contributed by atoms with Crippen LogP contribution in [0, 0.1) is 5.41 Å². The van der Waals surface area contributed by atoms with E-state index in [4.69, 9.17) is 0 Å². The van der Waals surface area contributed by atoms with Gasteiger partial charge in [0.25, 0.3) is 5.91 Å². The van der Waals surface area contributed by atoms with Gasteiger partial charge >= 0.3 is 0 Å². The molecular formula is C17H22N2O6S2. The fourth-order valence-electron chi connectivity index (χ4n) is 3.45. The second-order valence-electron chi connectivity index (χ2n) is 7.73. The van der Waals surface area contributed by atoms with Crippen molar-refractivity contribution in [3.8, 4) is 0 Å². The molecule has 2 amide bonds. The lowest BCUT2D eigenvalue weighted by atomic mass is 9.95. The molecule has 148 valence electrons. The Balaban J connectivity index is 1.82. The summed E-state index contributed by atoms with van der Waals surface area (Å²) in [6.07, 6.45) is 0.401. The van der Waals surface area contributed by atoms with Gasteiger partial charge in [-0.1, -0.05) is 0 Å². The number of carbonyl (C=O) groups excluding carboxylic acids is 2. The molecule has 1 aromatic carbocycles. The van der Waals surface area contributed by atoms with Crippen LogP contribution >= 0.6 is 0 Å². The van der Waals surface area contributed by atoms with Crippen LogP contribution < -0.4 is 4.31 Å². The Hall–Kier alpha value is -1.94. The van der Waals surface area contributed by atoms with Gasteiger partial charge in [-0.25, -0.2) is 21.1 Å². The third-order valence-corrected chi connectivity index (χ3v) is 8.78. The van der Waals surface area contributed by atoms with Crippen molar-refractivity contribution in [2.24, 2.45) is 5.41 Å². The summed E-state index contributed by atoms with van der Waals surface area (Å²) in [7, 11) is -5.31. The number of sulfonamides is 1. The predicted octanol–water partition coefficient (Wildman–Crippen LogP) is 0.648. The second-order valence-corrected chi connectivity index (χ2v) is 11.8. The van der Waals surface area contributed by atoms with Crippen LogP contribution in [0.1, 0.15) is 30.6 Å². The molecule has 2 aliphatic rings. The molecule has 0 spiro atoms. The summed E-state index contributed by atoms with van der Waals surface area (Å²) in [5.41, 5.74) is -0.510. The minimum absolute atomic E-state index is 0.0526. The average Bonchev–Trinajstić information content (AvgIpc) is 3.00. The molecule has 2 aliphatic heterocycles. The number of rotatable bonds is 3. The summed E-state index contributed by atoms with van der Waals surface area (Å²) >= 11 is 0. The van der Waals surface area contributed by atoms with Crippen molar-refractivity contribution in [1.29, 1.82) is 0 Å². The van der Waals surface area contributed by atoms with E-state index < -0.39 is 31.2 Å². The van der Waals surface area contributed by atoms with Gasteiger partial charge in [0.2, 0.25) is 15.9 Å². The summed E-state index contributed by atoms with van der Waals surface area (Å²) in [6, 6.07) is 5.37. The van der Waals surface area contributed by atoms with E-state index in [2.05, 4.69) is 0 Å². The fourth-order valence-corrected chi connectivity index (χ4v) is 7.33. The quantitative estimate of drug-likeness (QED) is 0.718. The van der Waals surface area contributed by atoms with Crippen molar-refractivity contribution >= 4 is 37.4 Å². The lowest BCUT2D eigenvalue weighted by molar-refractivity contribution is -0.123. The highest BCUT2D eigenvalue weighted by molar-refractivity contribution is 7.94. The first kappa shape index (κ1) is 19.8. The molecule has 10 heteroatoms. The molecule has 2 saturated heterocycles. The molecule has 27 heavy (non-hydrogen) atoms. The number of anilines is 1. The van der Waals surface area contributed by atoms with Crippen LogP contribution in [0.3, 0.4) is 0 Å². The van der Waals surface area contributed by atoms with E-state index in [1.807, 2.05) is 0 Å². The minimum Gasteiger partial charge on any atom is -0.338 e. The Bertz CT molecular complexity index is 996. The molecule has 1 atom stereocenters. The predicted molar refractivity (Wildman–Crippen MR) is 101 cm³/mol. The van der Waals surface area contributed by atoms with E-state index in [1.165, 1.54) is 29.2 Å². The number of carbonyl (C=O) groups is 2. The zero-order chi connectivity index (χ0) is 20.2. The number of hydrogen-bond donors (Lipinski definition) is 0. The fraction of sp³-hybridized carbons (Fsp3) is 0.529. The number of nitrogens with zero attached hydrogens (tertiary/aromatic N) is 2. The largest absolute Gasteiger partial charge is 0.338 e. The SMILES string of the molecule is CN(C(=O)c1ccc(N2C(=O)C(C)(C)CS2(=O)=O)cc1)C1CCS(=O)(=O)C1. The number of amides is 2. The van der Waals surface area contributed by atoms with Gasteiger partial charge in [-0.2, -0.15) is 0 Å². The molecular weight excluding hydrogens is 392 g/mol. The Kier molecular flexibility index (Phi) is 4.62. The molecule has 0 aliphatic carbocycles. The van der Waals surface area contributed by atoms with Gasteiger partial charge in [0.1, 0.15) is 0 Å². The number of hydrogen-bond acceptors (Lipinski definition) is 6. The summed E-state index contributed by atoms with van der Waals surface area (Å²) in [5, 5.41) is 0. The maximum atomic E-state index is 12.6. The zero-order valence-electron chi connectivity index (χ0n) is 15.4. The maximum absolute atomic E-state index is 12.6. The van der Waals surface area contributed by atoms with Crippen LogP contribution in [-0.2, 0) is 24.7 Å². The summed E-state index contributed by atoms with van der Waals surface area (Å²) < 4.78 is 48.6. The first-order valence-corrected chi connectivity index (χ1v) is 11.9. The van der Waals surface area contributed by atoms with E-state index in [0.717, 1.165) is 4.31 Å². The topological polar surface area (TPSA) is 109 Å². The second kappa shape index (κ2) is 6.30. The van der Waals surface area contributed by atoms with Crippen molar-refractivity contribution < 1.29 is 26.4 Å². The molecule has 1 unspecified atom stereocenters. The highest BCUT2D eigenvalue weighted by Crippen LogP contribution is 2.35. The first-order chi connectivity index (χ1) is 12.3. The van der Waals surface area contributed by atoms with Crippen LogP contribution in [0.4, 0.5) is 5.69 Å². The van der Waals surface area contributed by atoms with Crippen LogP contribution in [-0.4, -0.2) is 63.9 Å². The third-order valence-electron chi connectivity index (χ3n) is 5.01. The van der Waals surface area contributed by atoms with Crippen LogP contribution in [0.5, 0.6) is 0 Å². The van der Waals surface area contributed by atoms with Crippen LogP contribution in [0.25, 0.3) is 0 Å². The molecule has 0 aromatic heterocycles. The molecule has 8 nitrogen and oxygen atoms in total. The Morgan fingerprint density at radius 2 is 1.74 bits per heavy atom. The van der Waals surface area contributed by atoms with Gasteiger partial charge in [0.05, 0.1) is 28.4 Å². The van der Waals surface area contributed by atoms with Gasteiger partial charge in [0.15, 0.2) is 9.84 Å². The number of benzene rings is 1. The van der Waals surface area contributed by atoms with E-state index in [-0.39, 0.29) is 34.9 Å². The normalized spacial score (nSPS) is 25.5. The van der Waals surface area contributed by atoms with Gasteiger partial charge in [0, 0.05) is 18.7 Å². The molecule has 0 saturated carbocycles. The lowest BCUT2D eigenvalue weighted by Crippen LogP contribution is -2.37. The summed E-state index contributed by atoms with van der Waals surface area (Å²) in [4.78, 5) is 26.4. The molecule has 1 aromatic rings. The molecule has 0 bridgehead atoms. The van der Waals surface area contributed by atoms with Crippen molar-refractivity contribution in [2.75, 3.05) is 28.6 Å². The first-order valence-electron chi connectivity index (χ1n) is 8.49. The smallest absolute Gasteiger partial charge is 0.253 e. The zero-order valence-corrected chi connectivity index (χ0v) is 17.0. The maximum Gasteiger partial charge on any atom is 0.253 e. The Morgan fingerprint density at radius 1 is 1.15 bits per heavy atom. The highest BCUT2D eigenvalue weighted by Gasteiger charge is 2.49. The summed E-state index contributed by atoms with van der Waals surface area (Å²) in [6.45, 7) is 3.16. The van der Waals surface area contributed by atoms with Crippen molar-refractivity contribution in [3.63, 3.8) is 0 Å². The van der Waals surface area contributed by atoms with Gasteiger partial charge < -0.3 is 4.90 Å². The van der Waals surface area contributed by atoms with Crippen LogP contribution in [0.15, 0.2) is 24.3 Å². The van der Waals surface area contributed by atoms with Crippen molar-refractivity contribution in [3.05, 3.63) is 29.8 Å². The lowest BCUT2D eigenvalue weighted by Gasteiger charge is -2.24. The van der Waals surface area contributed by atoms with Gasteiger partial charge in [-0.3, -0.25) is 9.59 Å². The summed E-state index contributed by atoms with van der Waals surface area (Å²) in [5.74, 6) is -1.10. The Morgan fingerprint density at radius 3 is 2.19 bits per heavy atom. The molecule has 0 N–H and O–H groups in total. The van der Waals surface area contributed by atoms with E-state index in [1.54, 1.807) is 20.9 Å². The van der Waals surface area contributed by atoms with E-state index in [0.29, 0.717) is 12.0 Å². The van der Waals surface area contributed by atoms with Crippen molar-refractivity contribution in [1.82, 2.24) is 4.90 Å². The molecule has 3 rings (SSSR count). The van der Waals surface area contributed by atoms with Crippen molar-refractivity contribution in [2.45, 2.75) is 26.3 Å². The van der Waals surface area contributed by atoms with Gasteiger partial charge in [-0.15, -0.1) is 0 Å². The molecule has 2 fully saturated rings. The Labute approximate surface area is 159 Å². The van der Waals surface area contributed by atoms with Crippen LogP contribution in [0.2, 0.25) is 0 Å². The monoisotopic (exact) mass is 414 g/mol. The minimum atomic E-state index is -3.75. The van der Waals surface area contributed by atoms with E-state index in [9.17, 15) is 26.4 Å². The van der Waals surface area contributed by atoms with E-state index >= 15 is 0 Å². The highest BCUT2D eigenvalue weighted by atomic mass is 32.2. The molecule has 0 radical (unpaired) electrons. The average molecular weight is 415 g/mol.